The van der Waals surface area contributed by atoms with Crippen LogP contribution in [0.2, 0.25) is 0 Å². The third kappa shape index (κ3) is 3.50. The summed E-state index contributed by atoms with van der Waals surface area (Å²) in [5.74, 6) is -1.34. The quantitative estimate of drug-likeness (QED) is 0.845. The topological polar surface area (TPSA) is 75.3 Å². The number of nitrogens with one attached hydrogen (secondary N) is 2. The summed E-state index contributed by atoms with van der Waals surface area (Å²) in [6.45, 7) is 0. The van der Waals surface area contributed by atoms with Gasteiger partial charge in [0.15, 0.2) is 0 Å². The number of rotatable bonds is 5. The van der Waals surface area contributed by atoms with Gasteiger partial charge in [0.25, 0.3) is 5.91 Å². The number of halogens is 1. The van der Waals surface area contributed by atoms with Crippen LogP contribution in [-0.4, -0.2) is 20.4 Å². The monoisotopic (exact) mass is 374 g/mol. The summed E-state index contributed by atoms with van der Waals surface area (Å²) in [5.41, 5.74) is 3.27. The summed E-state index contributed by atoms with van der Waals surface area (Å²) in [6.07, 6.45) is 4.65. The second-order valence-corrected chi connectivity index (χ2v) is 8.51. The molecule has 2 aromatic rings. The van der Waals surface area contributed by atoms with Crippen molar-refractivity contribution in [2.24, 2.45) is 0 Å². The van der Waals surface area contributed by atoms with Crippen LogP contribution in [0.15, 0.2) is 41.3 Å². The molecule has 2 aromatic carbocycles. The first-order valence-corrected chi connectivity index (χ1v) is 10.2. The van der Waals surface area contributed by atoms with Gasteiger partial charge in [-0.3, -0.25) is 4.79 Å². The molecule has 0 spiro atoms. The van der Waals surface area contributed by atoms with Gasteiger partial charge in [-0.2, -0.15) is 0 Å². The van der Waals surface area contributed by atoms with Gasteiger partial charge < -0.3 is 5.32 Å². The molecule has 0 radical (unpaired) electrons. The Morgan fingerprint density at radius 2 is 1.81 bits per heavy atom. The Hall–Kier alpha value is -2.25. The largest absolute Gasteiger partial charge is 0.322 e. The Balaban J connectivity index is 1.57. The molecule has 4 rings (SSSR count). The average Bonchev–Trinajstić information content (AvgIpc) is 3.27. The van der Waals surface area contributed by atoms with Crippen molar-refractivity contribution < 1.29 is 17.6 Å². The second-order valence-electron chi connectivity index (χ2n) is 6.83. The Labute approximate surface area is 151 Å². The van der Waals surface area contributed by atoms with Gasteiger partial charge in [-0.25, -0.2) is 17.5 Å². The van der Waals surface area contributed by atoms with Crippen molar-refractivity contribution in [1.82, 2.24) is 4.72 Å². The van der Waals surface area contributed by atoms with Gasteiger partial charge in [0.1, 0.15) is 10.7 Å². The Morgan fingerprint density at radius 1 is 1.04 bits per heavy atom. The molecule has 2 aliphatic carbocycles. The molecular weight excluding hydrogens is 355 g/mol. The molecule has 0 unspecified atom stereocenters. The highest BCUT2D eigenvalue weighted by molar-refractivity contribution is 7.89. The maximum absolute atomic E-state index is 14.0. The highest BCUT2D eigenvalue weighted by Gasteiger charge is 2.30. The zero-order chi connectivity index (χ0) is 18.3. The fourth-order valence-corrected chi connectivity index (χ4v) is 4.60. The van der Waals surface area contributed by atoms with Crippen molar-refractivity contribution in [3.8, 4) is 0 Å². The molecule has 26 heavy (non-hydrogen) atoms. The van der Waals surface area contributed by atoms with Gasteiger partial charge in [-0.1, -0.05) is 6.07 Å². The minimum atomic E-state index is -3.97. The van der Waals surface area contributed by atoms with Gasteiger partial charge in [-0.05, 0) is 73.6 Å². The lowest BCUT2D eigenvalue weighted by atomic mass is 10.1. The third-order valence-electron chi connectivity index (χ3n) is 4.74. The van der Waals surface area contributed by atoms with Crippen LogP contribution in [0.3, 0.4) is 0 Å². The molecule has 0 heterocycles. The number of hydrogen-bond acceptors (Lipinski definition) is 3. The van der Waals surface area contributed by atoms with Crippen LogP contribution in [0.5, 0.6) is 0 Å². The van der Waals surface area contributed by atoms with Crippen LogP contribution in [0.25, 0.3) is 0 Å². The molecule has 0 aliphatic heterocycles. The van der Waals surface area contributed by atoms with E-state index in [2.05, 4.69) is 10.0 Å². The molecule has 0 aromatic heterocycles. The molecule has 2 aliphatic rings. The maximum Gasteiger partial charge on any atom is 0.255 e. The molecule has 0 saturated heterocycles. The number of carbonyl (C=O) groups is 1. The van der Waals surface area contributed by atoms with Crippen molar-refractivity contribution in [2.45, 2.75) is 43.0 Å². The first kappa shape index (κ1) is 17.2. The number of fused-ring (bicyclic) bond motifs is 1. The number of carbonyl (C=O) groups excluding carboxylic acids is 1. The lowest BCUT2D eigenvalue weighted by Crippen LogP contribution is -2.27. The molecule has 1 fully saturated rings. The van der Waals surface area contributed by atoms with E-state index in [0.29, 0.717) is 5.69 Å². The van der Waals surface area contributed by atoms with E-state index in [1.54, 1.807) is 0 Å². The summed E-state index contributed by atoms with van der Waals surface area (Å²) in [6, 6.07) is 9.02. The predicted molar refractivity (Wildman–Crippen MR) is 96.2 cm³/mol. The number of aryl methyl sites for hydroxylation is 2. The standard InChI is InChI=1S/C19H19FN2O3S/c20-17-9-5-14(11-18(17)26(24,25)22-15-7-8-15)19(23)21-16-6-4-12-2-1-3-13(12)10-16/h4-6,9-11,15,22H,1-3,7-8H2,(H,21,23). The number of sulfonamides is 1. The first-order valence-electron chi connectivity index (χ1n) is 8.67. The van der Waals surface area contributed by atoms with Crippen LogP contribution in [0.1, 0.15) is 40.7 Å². The van der Waals surface area contributed by atoms with Crippen LogP contribution in [0, 0.1) is 5.82 Å². The van der Waals surface area contributed by atoms with Gasteiger partial charge >= 0.3 is 0 Å². The van der Waals surface area contributed by atoms with Gasteiger partial charge in [0, 0.05) is 17.3 Å². The van der Waals surface area contributed by atoms with Crippen molar-refractivity contribution in [1.29, 1.82) is 0 Å². The Morgan fingerprint density at radius 3 is 2.58 bits per heavy atom. The van der Waals surface area contributed by atoms with Crippen molar-refractivity contribution in [2.75, 3.05) is 5.32 Å². The number of benzene rings is 2. The van der Waals surface area contributed by atoms with Gasteiger partial charge in [0.05, 0.1) is 0 Å². The number of hydrogen-bond donors (Lipinski definition) is 2. The van der Waals surface area contributed by atoms with E-state index >= 15 is 0 Å². The van der Waals surface area contributed by atoms with Crippen LogP contribution in [0.4, 0.5) is 10.1 Å². The summed E-state index contributed by atoms with van der Waals surface area (Å²) < 4.78 is 41.0. The highest BCUT2D eigenvalue weighted by Crippen LogP contribution is 2.26. The molecule has 5 nitrogen and oxygen atoms in total. The maximum atomic E-state index is 14.0. The van der Waals surface area contributed by atoms with E-state index in [1.807, 2.05) is 18.2 Å². The lowest BCUT2D eigenvalue weighted by molar-refractivity contribution is 0.102. The minimum Gasteiger partial charge on any atom is -0.322 e. The zero-order valence-corrected chi connectivity index (χ0v) is 14.9. The van der Waals surface area contributed by atoms with Crippen molar-refractivity contribution >= 4 is 21.6 Å². The molecule has 136 valence electrons. The summed E-state index contributed by atoms with van der Waals surface area (Å²) in [7, 11) is -3.97. The highest BCUT2D eigenvalue weighted by atomic mass is 32.2. The summed E-state index contributed by atoms with van der Waals surface area (Å²) >= 11 is 0. The molecule has 2 N–H and O–H groups in total. The smallest absolute Gasteiger partial charge is 0.255 e. The van der Waals surface area contributed by atoms with Crippen LogP contribution in [-0.2, 0) is 22.9 Å². The van der Waals surface area contributed by atoms with Gasteiger partial charge in [-0.15, -0.1) is 0 Å². The zero-order valence-electron chi connectivity index (χ0n) is 14.1. The number of amides is 1. The van der Waals surface area contributed by atoms with Gasteiger partial charge in [0.2, 0.25) is 10.0 Å². The molecule has 7 heteroatoms. The summed E-state index contributed by atoms with van der Waals surface area (Å²) in [5, 5.41) is 2.76. The predicted octanol–water partition coefficient (Wildman–Crippen LogP) is 3.01. The summed E-state index contributed by atoms with van der Waals surface area (Å²) in [4.78, 5) is 12.0. The SMILES string of the molecule is O=C(Nc1ccc2c(c1)CCC2)c1ccc(F)c(S(=O)(=O)NC2CC2)c1. The third-order valence-corrected chi connectivity index (χ3v) is 6.27. The Bertz CT molecular complexity index is 984. The molecular formula is C19H19FN2O3S. The first-order chi connectivity index (χ1) is 12.4. The van der Waals surface area contributed by atoms with Crippen LogP contribution >= 0.6 is 0 Å². The van der Waals surface area contributed by atoms with Crippen molar-refractivity contribution in [3.05, 3.63) is 58.9 Å². The van der Waals surface area contributed by atoms with E-state index in [-0.39, 0.29) is 11.6 Å². The van der Waals surface area contributed by atoms with E-state index in [4.69, 9.17) is 0 Å². The normalized spacial score (nSPS) is 16.3. The fourth-order valence-electron chi connectivity index (χ4n) is 3.19. The molecule has 0 atom stereocenters. The van der Waals surface area contributed by atoms with E-state index < -0.39 is 26.6 Å². The van der Waals surface area contributed by atoms with Crippen molar-refractivity contribution in [3.63, 3.8) is 0 Å². The van der Waals surface area contributed by atoms with Crippen LogP contribution < -0.4 is 10.0 Å². The second kappa shape index (κ2) is 6.48. The fraction of sp³-hybridized carbons (Fsp3) is 0.316. The average molecular weight is 374 g/mol. The number of anilines is 1. The van der Waals surface area contributed by atoms with E-state index in [1.165, 1.54) is 17.2 Å². The van der Waals surface area contributed by atoms with E-state index in [0.717, 1.165) is 44.2 Å². The lowest BCUT2D eigenvalue weighted by Gasteiger charge is -2.10. The minimum absolute atomic E-state index is 0.100. The molecule has 1 amide bonds. The van der Waals surface area contributed by atoms with E-state index in [9.17, 15) is 17.6 Å². The molecule has 1 saturated carbocycles. The Kier molecular flexibility index (Phi) is 4.28. The molecule has 0 bridgehead atoms.